The van der Waals surface area contributed by atoms with Gasteiger partial charge in [0, 0.05) is 57.3 Å². The lowest BCUT2D eigenvalue weighted by atomic mass is 9.91. The van der Waals surface area contributed by atoms with E-state index >= 15 is 0 Å². The molecule has 1 heterocycles. The van der Waals surface area contributed by atoms with Gasteiger partial charge in [0.2, 0.25) is 11.0 Å². The van der Waals surface area contributed by atoms with Gasteiger partial charge < -0.3 is 26.8 Å². The molecule has 32 heavy (non-hydrogen) atoms. The van der Waals surface area contributed by atoms with E-state index in [2.05, 4.69) is 128 Å². The van der Waals surface area contributed by atoms with Crippen LogP contribution in [-0.4, -0.2) is 28.2 Å². The van der Waals surface area contributed by atoms with E-state index in [0.717, 1.165) is 0 Å². The topological polar surface area (TPSA) is 10.4 Å². The largest absolute Gasteiger partial charge is 1.00 e. The van der Waals surface area contributed by atoms with Gasteiger partial charge in [0.25, 0.3) is 0 Å². The molecule has 162 valence electrons. The van der Waals surface area contributed by atoms with Crippen LogP contribution in [0.4, 0.5) is 11.4 Å². The molecule has 0 saturated carbocycles. The van der Waals surface area contributed by atoms with Crippen LogP contribution < -0.4 is 31.3 Å². The highest BCUT2D eigenvalue weighted by Crippen LogP contribution is 2.39. The van der Waals surface area contributed by atoms with E-state index in [9.17, 15) is 0 Å². The first-order chi connectivity index (χ1) is 15.0. The minimum Gasteiger partial charge on any atom is -1.00 e. The molecule has 0 aliphatic heterocycles. The molecule has 3 nitrogen and oxygen atoms in total. The molecule has 0 amide bonds. The molecule has 0 saturated heterocycles. The minimum atomic E-state index is 0. The molecule has 1 aromatic heterocycles. The number of nitrogens with zero attached hydrogens (tertiary/aromatic N) is 3. The summed E-state index contributed by atoms with van der Waals surface area (Å²) in [7, 11) is 10.6. The summed E-state index contributed by atoms with van der Waals surface area (Å²) in [5.74, 6) is 0. The predicted molar refractivity (Wildman–Crippen MR) is 134 cm³/mol. The zero-order chi connectivity index (χ0) is 21.7. The van der Waals surface area contributed by atoms with Crippen molar-refractivity contribution in [2.75, 3.05) is 38.0 Å². The van der Waals surface area contributed by atoms with Gasteiger partial charge in [-0.05, 0) is 40.6 Å². The summed E-state index contributed by atoms with van der Waals surface area (Å²) in [6.45, 7) is 0. The van der Waals surface area contributed by atoms with E-state index in [0.29, 0.717) is 0 Å². The number of aromatic nitrogens is 1. The average Bonchev–Trinajstić information content (AvgIpc) is 2.78. The molecule has 0 N–H and O–H groups in total. The molecule has 0 atom stereocenters. The highest BCUT2D eigenvalue weighted by Gasteiger charge is 2.21. The number of aryl methyl sites for hydroxylation is 1. The van der Waals surface area contributed by atoms with Gasteiger partial charge >= 0.3 is 0 Å². The molecular formula is C28H28BrN3. The third kappa shape index (κ3) is 3.49. The first-order valence-corrected chi connectivity index (χ1v) is 10.7. The number of fused-ring (bicyclic) bond motifs is 3. The van der Waals surface area contributed by atoms with E-state index in [1.54, 1.807) is 0 Å². The molecule has 4 aromatic carbocycles. The molecule has 0 fully saturated rings. The SMILES string of the molecule is CN(C)c1ccc2c(-c3cccc4ccccc34)c3ccc(N(C)C)cc3[n+](C)c2c1.[Br-]. The Morgan fingerprint density at radius 3 is 1.69 bits per heavy atom. The Hall–Kier alpha value is -3.11. The summed E-state index contributed by atoms with van der Waals surface area (Å²) >= 11 is 0. The lowest BCUT2D eigenvalue weighted by molar-refractivity contribution is -0.617. The van der Waals surface area contributed by atoms with E-state index in [1.807, 2.05) is 0 Å². The maximum absolute atomic E-state index is 2.33. The highest BCUT2D eigenvalue weighted by atomic mass is 79.9. The fraction of sp³-hybridized carbons (Fsp3) is 0.179. The molecule has 4 heteroatoms. The second-order valence-electron chi connectivity index (χ2n) is 8.65. The smallest absolute Gasteiger partial charge is 0.215 e. The second kappa shape index (κ2) is 8.44. The van der Waals surface area contributed by atoms with Crippen LogP contribution in [0.2, 0.25) is 0 Å². The number of pyridine rings is 1. The summed E-state index contributed by atoms with van der Waals surface area (Å²) in [4.78, 5) is 4.33. The van der Waals surface area contributed by atoms with E-state index in [1.165, 1.54) is 55.1 Å². The van der Waals surface area contributed by atoms with Crippen LogP contribution in [-0.2, 0) is 7.05 Å². The predicted octanol–water partition coefficient (Wildman–Crippen LogP) is 2.77. The molecule has 0 spiro atoms. The number of rotatable bonds is 3. The Bertz CT molecular complexity index is 1380. The lowest BCUT2D eigenvalue weighted by Gasteiger charge is -2.17. The number of benzene rings is 4. The fourth-order valence-corrected chi connectivity index (χ4v) is 4.58. The Morgan fingerprint density at radius 2 is 1.12 bits per heavy atom. The van der Waals surface area contributed by atoms with Gasteiger partial charge in [-0.3, -0.25) is 0 Å². The number of hydrogen-bond donors (Lipinski definition) is 0. The third-order valence-electron chi connectivity index (χ3n) is 6.32. The normalized spacial score (nSPS) is 11.0. The van der Waals surface area contributed by atoms with Gasteiger partial charge in [0.05, 0.1) is 10.8 Å². The van der Waals surface area contributed by atoms with Crippen LogP contribution in [0.15, 0.2) is 78.9 Å². The maximum atomic E-state index is 2.33. The zero-order valence-electron chi connectivity index (χ0n) is 19.2. The molecule has 0 bridgehead atoms. The fourth-order valence-electron chi connectivity index (χ4n) is 4.58. The van der Waals surface area contributed by atoms with Crippen molar-refractivity contribution >= 4 is 44.0 Å². The summed E-state index contributed by atoms with van der Waals surface area (Å²) in [6, 6.07) is 28.9. The molecule has 0 unspecified atom stereocenters. The van der Waals surface area contributed by atoms with Gasteiger partial charge in [-0.15, -0.1) is 0 Å². The third-order valence-corrected chi connectivity index (χ3v) is 6.32. The summed E-state index contributed by atoms with van der Waals surface area (Å²) in [6.07, 6.45) is 0. The lowest BCUT2D eigenvalue weighted by Crippen LogP contribution is -3.00. The Balaban J connectivity index is 0.00000245. The first-order valence-electron chi connectivity index (χ1n) is 10.7. The van der Waals surface area contributed by atoms with Crippen LogP contribution in [0, 0.1) is 0 Å². The standard InChI is InChI=1S/C28H28N3.BrH/c1-29(2)20-13-15-24-26(17-20)31(5)27-18-21(30(3)4)14-16-25(27)28(24)23-12-8-10-19-9-6-7-11-22(19)23;/h6-18H,1-5H3;1H/q+1;/p-1. The Labute approximate surface area is 200 Å². The molecule has 5 aromatic rings. The minimum absolute atomic E-state index is 0. The van der Waals surface area contributed by atoms with Crippen LogP contribution >= 0.6 is 0 Å². The zero-order valence-corrected chi connectivity index (χ0v) is 20.8. The van der Waals surface area contributed by atoms with Crippen molar-refractivity contribution in [3.05, 3.63) is 78.9 Å². The molecule has 0 radical (unpaired) electrons. The quantitative estimate of drug-likeness (QED) is 0.287. The number of hydrogen-bond acceptors (Lipinski definition) is 2. The van der Waals surface area contributed by atoms with E-state index in [4.69, 9.17) is 0 Å². The van der Waals surface area contributed by atoms with Crippen molar-refractivity contribution in [3.8, 4) is 11.1 Å². The van der Waals surface area contributed by atoms with Crippen molar-refractivity contribution < 1.29 is 21.5 Å². The van der Waals surface area contributed by atoms with Crippen molar-refractivity contribution in [1.82, 2.24) is 0 Å². The molecule has 0 aliphatic rings. The summed E-state index contributed by atoms with van der Waals surface area (Å²) < 4.78 is 2.33. The van der Waals surface area contributed by atoms with Gasteiger partial charge in [-0.2, -0.15) is 4.57 Å². The van der Waals surface area contributed by atoms with Crippen LogP contribution in [0.5, 0.6) is 0 Å². The van der Waals surface area contributed by atoms with Crippen molar-refractivity contribution in [3.63, 3.8) is 0 Å². The summed E-state index contributed by atoms with van der Waals surface area (Å²) in [5, 5.41) is 5.10. The van der Waals surface area contributed by atoms with Crippen LogP contribution in [0.3, 0.4) is 0 Å². The highest BCUT2D eigenvalue weighted by molar-refractivity contribution is 6.13. The average molecular weight is 486 g/mol. The van der Waals surface area contributed by atoms with E-state index < -0.39 is 0 Å². The van der Waals surface area contributed by atoms with Gasteiger partial charge in [-0.25, -0.2) is 0 Å². The monoisotopic (exact) mass is 485 g/mol. The summed E-state index contributed by atoms with van der Waals surface area (Å²) in [5.41, 5.74) is 7.46. The van der Waals surface area contributed by atoms with Gasteiger partial charge in [0.1, 0.15) is 7.05 Å². The van der Waals surface area contributed by atoms with Crippen LogP contribution in [0.1, 0.15) is 0 Å². The first kappa shape index (κ1) is 22.1. The van der Waals surface area contributed by atoms with Crippen LogP contribution in [0.25, 0.3) is 43.7 Å². The van der Waals surface area contributed by atoms with E-state index in [-0.39, 0.29) is 17.0 Å². The Kier molecular flexibility index (Phi) is 5.83. The molecule has 5 rings (SSSR count). The van der Waals surface area contributed by atoms with Gasteiger partial charge in [-0.1, -0.05) is 42.5 Å². The van der Waals surface area contributed by atoms with Crippen molar-refractivity contribution in [1.29, 1.82) is 0 Å². The van der Waals surface area contributed by atoms with Crippen molar-refractivity contribution in [2.45, 2.75) is 0 Å². The van der Waals surface area contributed by atoms with Crippen molar-refractivity contribution in [2.24, 2.45) is 7.05 Å². The second-order valence-corrected chi connectivity index (χ2v) is 8.65. The molecule has 0 aliphatic carbocycles. The maximum Gasteiger partial charge on any atom is 0.215 e. The number of halogens is 1. The number of anilines is 2. The molecular weight excluding hydrogens is 458 g/mol. The van der Waals surface area contributed by atoms with Gasteiger partial charge in [0.15, 0.2) is 0 Å². The Morgan fingerprint density at radius 1 is 0.594 bits per heavy atom.